The SMILES string of the molecule is CCOc1ccc2nc(N(CCN(C)C)C(=O)COc3ccc(C)cc3)sc2c1.Cl. The molecule has 2 aromatic carbocycles. The summed E-state index contributed by atoms with van der Waals surface area (Å²) in [6.07, 6.45) is 0. The van der Waals surface area contributed by atoms with Gasteiger partial charge in [0.15, 0.2) is 11.7 Å². The van der Waals surface area contributed by atoms with E-state index in [-0.39, 0.29) is 24.9 Å². The van der Waals surface area contributed by atoms with E-state index in [2.05, 4.69) is 4.98 Å². The van der Waals surface area contributed by atoms with Gasteiger partial charge in [0.05, 0.1) is 16.8 Å². The first kappa shape index (κ1) is 23.9. The van der Waals surface area contributed by atoms with Crippen LogP contribution in [0.4, 0.5) is 5.13 Å². The average Bonchev–Trinajstić information content (AvgIpc) is 3.10. The summed E-state index contributed by atoms with van der Waals surface area (Å²) in [6, 6.07) is 13.5. The van der Waals surface area contributed by atoms with Crippen molar-refractivity contribution < 1.29 is 14.3 Å². The van der Waals surface area contributed by atoms with Gasteiger partial charge in [-0.15, -0.1) is 12.4 Å². The molecule has 0 aliphatic rings. The first-order valence-electron chi connectivity index (χ1n) is 9.64. The van der Waals surface area contributed by atoms with E-state index >= 15 is 0 Å². The summed E-state index contributed by atoms with van der Waals surface area (Å²) in [7, 11) is 3.97. The fourth-order valence-electron chi connectivity index (χ4n) is 2.75. The number of aryl methyl sites for hydroxylation is 1. The summed E-state index contributed by atoms with van der Waals surface area (Å²) in [5, 5.41) is 0.674. The Morgan fingerprint density at radius 2 is 1.73 bits per heavy atom. The molecular weight excluding hydrogens is 422 g/mol. The normalized spacial score (nSPS) is 10.7. The minimum absolute atomic E-state index is 0. The Hall–Kier alpha value is -2.35. The number of hydrogen-bond acceptors (Lipinski definition) is 6. The molecule has 0 radical (unpaired) electrons. The molecule has 0 saturated carbocycles. The molecule has 0 N–H and O–H groups in total. The lowest BCUT2D eigenvalue weighted by Crippen LogP contribution is -2.39. The molecule has 0 unspecified atom stereocenters. The Labute approximate surface area is 187 Å². The van der Waals surface area contributed by atoms with Crippen molar-refractivity contribution in [3.8, 4) is 11.5 Å². The topological polar surface area (TPSA) is 54.9 Å². The van der Waals surface area contributed by atoms with E-state index in [1.165, 1.54) is 11.3 Å². The number of anilines is 1. The van der Waals surface area contributed by atoms with Crippen molar-refractivity contribution >= 4 is 45.0 Å². The van der Waals surface area contributed by atoms with Crippen LogP contribution in [0.2, 0.25) is 0 Å². The number of nitrogens with zero attached hydrogens (tertiary/aromatic N) is 3. The molecule has 0 spiro atoms. The van der Waals surface area contributed by atoms with Gasteiger partial charge in [-0.05, 0) is 58.3 Å². The Balaban J connectivity index is 0.00000320. The van der Waals surface area contributed by atoms with Gasteiger partial charge in [-0.2, -0.15) is 0 Å². The van der Waals surface area contributed by atoms with Crippen LogP contribution < -0.4 is 14.4 Å². The molecule has 162 valence electrons. The van der Waals surface area contributed by atoms with E-state index in [0.717, 1.165) is 28.1 Å². The zero-order chi connectivity index (χ0) is 20.8. The smallest absolute Gasteiger partial charge is 0.266 e. The number of ether oxygens (including phenoxy) is 2. The predicted octanol–water partition coefficient (Wildman–Crippen LogP) is 4.40. The van der Waals surface area contributed by atoms with Crippen molar-refractivity contribution in [2.75, 3.05) is 45.3 Å². The number of fused-ring (bicyclic) bond motifs is 1. The molecule has 0 saturated heterocycles. The minimum atomic E-state index is -0.114. The van der Waals surface area contributed by atoms with Crippen LogP contribution in [-0.4, -0.2) is 56.2 Å². The third-order valence-corrected chi connectivity index (χ3v) is 5.39. The van der Waals surface area contributed by atoms with Gasteiger partial charge in [-0.25, -0.2) is 4.98 Å². The van der Waals surface area contributed by atoms with Crippen LogP contribution in [0.15, 0.2) is 42.5 Å². The van der Waals surface area contributed by atoms with Gasteiger partial charge in [0.25, 0.3) is 5.91 Å². The van der Waals surface area contributed by atoms with E-state index in [9.17, 15) is 4.79 Å². The molecule has 1 heterocycles. The van der Waals surface area contributed by atoms with Gasteiger partial charge in [0.1, 0.15) is 11.5 Å². The molecule has 6 nitrogen and oxygen atoms in total. The fourth-order valence-corrected chi connectivity index (χ4v) is 3.79. The highest BCUT2D eigenvalue weighted by Gasteiger charge is 2.20. The first-order chi connectivity index (χ1) is 14.0. The molecule has 30 heavy (non-hydrogen) atoms. The Bertz CT molecular complexity index is 960. The van der Waals surface area contributed by atoms with Crippen molar-refractivity contribution in [2.24, 2.45) is 0 Å². The third-order valence-electron chi connectivity index (χ3n) is 4.35. The van der Waals surface area contributed by atoms with Crippen LogP contribution >= 0.6 is 23.7 Å². The van der Waals surface area contributed by atoms with Crippen molar-refractivity contribution in [1.82, 2.24) is 9.88 Å². The van der Waals surface area contributed by atoms with Crippen LogP contribution in [0.1, 0.15) is 12.5 Å². The van der Waals surface area contributed by atoms with E-state index in [1.54, 1.807) is 4.90 Å². The number of likely N-dealkylation sites (N-methyl/N-ethyl adjacent to an activating group) is 1. The second kappa shape index (κ2) is 11.2. The van der Waals surface area contributed by atoms with Gasteiger partial charge >= 0.3 is 0 Å². The third kappa shape index (κ3) is 6.32. The fraction of sp³-hybridized carbons (Fsp3) is 0.364. The minimum Gasteiger partial charge on any atom is -0.494 e. The van der Waals surface area contributed by atoms with Gasteiger partial charge in [0.2, 0.25) is 0 Å². The maximum Gasteiger partial charge on any atom is 0.266 e. The van der Waals surface area contributed by atoms with Gasteiger partial charge in [-0.3, -0.25) is 9.69 Å². The zero-order valence-electron chi connectivity index (χ0n) is 17.8. The maximum atomic E-state index is 13.0. The van der Waals surface area contributed by atoms with E-state index in [1.807, 2.05) is 75.3 Å². The lowest BCUT2D eigenvalue weighted by Gasteiger charge is -2.22. The second-order valence-electron chi connectivity index (χ2n) is 7.01. The molecule has 0 bridgehead atoms. The monoisotopic (exact) mass is 449 g/mol. The number of rotatable bonds is 9. The highest BCUT2D eigenvalue weighted by molar-refractivity contribution is 7.22. The second-order valence-corrected chi connectivity index (χ2v) is 8.02. The summed E-state index contributed by atoms with van der Waals surface area (Å²) in [5.74, 6) is 1.38. The molecule has 8 heteroatoms. The highest BCUT2D eigenvalue weighted by atomic mass is 35.5. The summed E-state index contributed by atoms with van der Waals surface area (Å²) in [6.45, 7) is 5.83. The summed E-state index contributed by atoms with van der Waals surface area (Å²) in [5.41, 5.74) is 2.01. The first-order valence-corrected chi connectivity index (χ1v) is 10.5. The van der Waals surface area contributed by atoms with Gasteiger partial charge < -0.3 is 14.4 Å². The lowest BCUT2D eigenvalue weighted by atomic mass is 10.2. The lowest BCUT2D eigenvalue weighted by molar-refractivity contribution is -0.120. The number of hydrogen-bond donors (Lipinski definition) is 0. The molecule has 0 fully saturated rings. The molecule has 0 aliphatic heterocycles. The number of amides is 1. The Morgan fingerprint density at radius 1 is 1.03 bits per heavy atom. The Kier molecular flexibility index (Phi) is 8.89. The zero-order valence-corrected chi connectivity index (χ0v) is 19.4. The van der Waals surface area contributed by atoms with Crippen molar-refractivity contribution in [3.63, 3.8) is 0 Å². The average molecular weight is 450 g/mol. The van der Waals surface area contributed by atoms with Crippen LogP contribution in [0, 0.1) is 6.92 Å². The Morgan fingerprint density at radius 3 is 2.40 bits per heavy atom. The van der Waals surface area contributed by atoms with Crippen LogP contribution in [0.25, 0.3) is 10.2 Å². The molecule has 3 rings (SSSR count). The summed E-state index contributed by atoms with van der Waals surface area (Å²) in [4.78, 5) is 21.4. The maximum absolute atomic E-state index is 13.0. The van der Waals surface area contributed by atoms with Crippen molar-refractivity contribution in [1.29, 1.82) is 0 Å². The van der Waals surface area contributed by atoms with E-state index < -0.39 is 0 Å². The largest absolute Gasteiger partial charge is 0.494 e. The highest BCUT2D eigenvalue weighted by Crippen LogP contribution is 2.31. The van der Waals surface area contributed by atoms with Gasteiger partial charge in [0, 0.05) is 13.1 Å². The molecule has 1 amide bonds. The number of carbonyl (C=O) groups excluding carboxylic acids is 1. The van der Waals surface area contributed by atoms with Crippen molar-refractivity contribution in [3.05, 3.63) is 48.0 Å². The van der Waals surface area contributed by atoms with Crippen LogP contribution in [0.5, 0.6) is 11.5 Å². The molecule has 0 atom stereocenters. The summed E-state index contributed by atoms with van der Waals surface area (Å²) < 4.78 is 12.3. The quantitative estimate of drug-likeness (QED) is 0.484. The van der Waals surface area contributed by atoms with Crippen LogP contribution in [-0.2, 0) is 4.79 Å². The summed E-state index contributed by atoms with van der Waals surface area (Å²) >= 11 is 1.49. The number of benzene rings is 2. The molecule has 1 aromatic heterocycles. The van der Waals surface area contributed by atoms with E-state index in [0.29, 0.717) is 24.0 Å². The molecule has 0 aliphatic carbocycles. The molecular formula is C22H28ClN3O3S. The van der Waals surface area contributed by atoms with E-state index in [4.69, 9.17) is 9.47 Å². The number of aromatic nitrogens is 1. The number of halogens is 1. The standard InChI is InChI=1S/C22H27N3O3S.ClH/c1-5-27-18-10-11-19-20(14-18)29-22(23-19)25(13-12-24(3)4)21(26)15-28-17-8-6-16(2)7-9-17;/h6-11,14H,5,12-13,15H2,1-4H3;1H. The number of carbonyl (C=O) groups is 1. The van der Waals surface area contributed by atoms with Gasteiger partial charge in [-0.1, -0.05) is 29.0 Å². The number of thiazole rings is 1. The van der Waals surface area contributed by atoms with Crippen LogP contribution in [0.3, 0.4) is 0 Å². The molecule has 3 aromatic rings. The van der Waals surface area contributed by atoms with Crippen molar-refractivity contribution in [2.45, 2.75) is 13.8 Å². The predicted molar refractivity (Wildman–Crippen MR) is 126 cm³/mol.